The van der Waals surface area contributed by atoms with Gasteiger partial charge in [0.1, 0.15) is 0 Å². The van der Waals surface area contributed by atoms with Crippen LogP contribution >= 0.6 is 0 Å². The van der Waals surface area contributed by atoms with Crippen LogP contribution < -0.4 is 22.9 Å². The highest BCUT2D eigenvalue weighted by molar-refractivity contribution is 5.73. The van der Waals surface area contributed by atoms with E-state index in [1.54, 1.807) is 12.5 Å². The Balaban J connectivity index is 1.64. The first kappa shape index (κ1) is 22.2. The Kier molecular flexibility index (Phi) is 5.90. The molecule has 0 aliphatic rings. The van der Waals surface area contributed by atoms with Gasteiger partial charge in [-0.2, -0.15) is 0 Å². The summed E-state index contributed by atoms with van der Waals surface area (Å²) in [5.74, 6) is -0.0740. The second kappa shape index (κ2) is 9.31. The number of anilines is 4. The number of furan rings is 1. The molecule has 0 spiro atoms. The minimum atomic E-state index is -0.0740. The van der Waals surface area contributed by atoms with Crippen LogP contribution in [0.3, 0.4) is 0 Å². The predicted octanol–water partition coefficient (Wildman–Crippen LogP) is 6.32. The van der Waals surface area contributed by atoms with Crippen molar-refractivity contribution in [1.82, 2.24) is 0 Å². The van der Waals surface area contributed by atoms with E-state index < -0.39 is 0 Å². The van der Waals surface area contributed by atoms with Crippen LogP contribution in [0.4, 0.5) is 22.7 Å². The largest absolute Gasteiger partial charge is 0.472 e. The van der Waals surface area contributed by atoms with Gasteiger partial charge in [0.2, 0.25) is 0 Å². The molecule has 0 fully saturated rings. The second-order valence-electron chi connectivity index (χ2n) is 8.82. The Morgan fingerprint density at radius 1 is 0.543 bits per heavy atom. The fourth-order valence-electron chi connectivity index (χ4n) is 4.50. The molecule has 4 aromatic carbocycles. The molecule has 0 amide bonds. The van der Waals surface area contributed by atoms with Crippen LogP contribution in [0.2, 0.25) is 0 Å². The van der Waals surface area contributed by atoms with Gasteiger partial charge in [0.15, 0.2) is 0 Å². The first-order valence-corrected chi connectivity index (χ1v) is 11.5. The summed E-state index contributed by atoms with van der Waals surface area (Å²) in [6, 6.07) is 30.0. The van der Waals surface area contributed by atoms with Gasteiger partial charge in [0.05, 0.1) is 12.5 Å². The van der Waals surface area contributed by atoms with Gasteiger partial charge in [0, 0.05) is 28.7 Å². The van der Waals surface area contributed by atoms with Gasteiger partial charge in [-0.25, -0.2) is 0 Å². The molecule has 174 valence electrons. The lowest BCUT2D eigenvalue weighted by Crippen LogP contribution is -2.10. The molecule has 8 N–H and O–H groups in total. The van der Waals surface area contributed by atoms with Crippen molar-refractivity contribution < 1.29 is 4.42 Å². The molecule has 0 aliphatic heterocycles. The Morgan fingerprint density at radius 2 is 1.00 bits per heavy atom. The van der Waals surface area contributed by atoms with Crippen LogP contribution in [0.5, 0.6) is 0 Å². The van der Waals surface area contributed by atoms with Crippen LogP contribution in [0.1, 0.15) is 22.6 Å². The van der Waals surface area contributed by atoms with Crippen molar-refractivity contribution in [2.24, 2.45) is 0 Å². The van der Waals surface area contributed by atoms with E-state index in [2.05, 4.69) is 12.1 Å². The van der Waals surface area contributed by atoms with E-state index in [4.69, 9.17) is 27.4 Å². The Hall–Kier alpha value is -4.64. The molecule has 0 aliphatic carbocycles. The third-order valence-electron chi connectivity index (χ3n) is 6.43. The highest BCUT2D eigenvalue weighted by Gasteiger charge is 2.22. The van der Waals surface area contributed by atoms with Crippen LogP contribution in [0.15, 0.2) is 108 Å². The van der Waals surface area contributed by atoms with E-state index in [1.165, 1.54) is 0 Å². The molecular formula is C30H28N4O. The maximum Gasteiger partial charge on any atom is 0.0934 e. The SMILES string of the molecule is Nc1ccc(-c2ccc(N)c(C(Cc3ccoc3)c3cc(-c4ccc(N)cc4)ccc3N)c2)cc1. The van der Waals surface area contributed by atoms with Crippen molar-refractivity contribution >= 4 is 22.7 Å². The highest BCUT2D eigenvalue weighted by atomic mass is 16.3. The molecule has 5 aromatic rings. The summed E-state index contributed by atoms with van der Waals surface area (Å²) < 4.78 is 5.37. The minimum Gasteiger partial charge on any atom is -0.472 e. The number of nitrogen functional groups attached to an aromatic ring is 4. The fourth-order valence-corrected chi connectivity index (χ4v) is 4.50. The van der Waals surface area contributed by atoms with Crippen molar-refractivity contribution in [3.63, 3.8) is 0 Å². The predicted molar refractivity (Wildman–Crippen MR) is 146 cm³/mol. The summed E-state index contributed by atoms with van der Waals surface area (Å²) in [6.45, 7) is 0. The van der Waals surface area contributed by atoms with Crippen LogP contribution in [-0.4, -0.2) is 0 Å². The zero-order chi connectivity index (χ0) is 24.4. The molecule has 1 aromatic heterocycles. The molecular weight excluding hydrogens is 432 g/mol. The lowest BCUT2D eigenvalue weighted by atomic mass is 9.82. The van der Waals surface area contributed by atoms with Gasteiger partial charge in [-0.05, 0) is 100.0 Å². The Labute approximate surface area is 205 Å². The maximum absolute atomic E-state index is 6.58. The van der Waals surface area contributed by atoms with Gasteiger partial charge < -0.3 is 27.4 Å². The summed E-state index contributed by atoms with van der Waals surface area (Å²) in [7, 11) is 0. The molecule has 0 radical (unpaired) electrons. The van der Waals surface area contributed by atoms with Crippen LogP contribution in [-0.2, 0) is 6.42 Å². The molecule has 5 nitrogen and oxygen atoms in total. The van der Waals surface area contributed by atoms with Gasteiger partial charge in [0.25, 0.3) is 0 Å². The first-order valence-electron chi connectivity index (χ1n) is 11.5. The molecule has 35 heavy (non-hydrogen) atoms. The van der Waals surface area contributed by atoms with E-state index in [9.17, 15) is 0 Å². The molecule has 0 saturated carbocycles. The number of hydrogen-bond acceptors (Lipinski definition) is 5. The molecule has 0 unspecified atom stereocenters. The fraction of sp³-hybridized carbons (Fsp3) is 0.0667. The Bertz CT molecular complexity index is 1340. The van der Waals surface area contributed by atoms with E-state index in [0.29, 0.717) is 6.42 Å². The quantitative estimate of drug-likeness (QED) is 0.221. The highest BCUT2D eigenvalue weighted by Crippen LogP contribution is 2.39. The summed E-state index contributed by atoms with van der Waals surface area (Å²) in [6.07, 6.45) is 4.16. The lowest BCUT2D eigenvalue weighted by Gasteiger charge is -2.23. The zero-order valence-electron chi connectivity index (χ0n) is 19.3. The molecule has 1 heterocycles. The second-order valence-corrected chi connectivity index (χ2v) is 8.82. The van der Waals surface area contributed by atoms with Gasteiger partial charge in [-0.1, -0.05) is 36.4 Å². The number of benzene rings is 4. The normalized spacial score (nSPS) is 11.1. The van der Waals surface area contributed by atoms with Crippen LogP contribution in [0, 0.1) is 0 Å². The monoisotopic (exact) mass is 460 g/mol. The average Bonchev–Trinajstić information content (AvgIpc) is 3.38. The topological polar surface area (TPSA) is 117 Å². The van der Waals surface area contributed by atoms with Crippen molar-refractivity contribution in [3.05, 3.63) is 120 Å². The zero-order valence-corrected chi connectivity index (χ0v) is 19.3. The van der Waals surface area contributed by atoms with E-state index in [0.717, 1.165) is 61.7 Å². The molecule has 0 atom stereocenters. The summed E-state index contributed by atoms with van der Waals surface area (Å²) in [4.78, 5) is 0. The average molecular weight is 461 g/mol. The van der Waals surface area contributed by atoms with Gasteiger partial charge in [-0.3, -0.25) is 0 Å². The van der Waals surface area contributed by atoms with E-state index in [-0.39, 0.29) is 5.92 Å². The Morgan fingerprint density at radius 3 is 1.43 bits per heavy atom. The molecule has 0 saturated heterocycles. The molecule has 0 bridgehead atoms. The third-order valence-corrected chi connectivity index (χ3v) is 6.43. The van der Waals surface area contributed by atoms with Crippen molar-refractivity contribution in [3.8, 4) is 22.3 Å². The van der Waals surface area contributed by atoms with Crippen LogP contribution in [0.25, 0.3) is 22.3 Å². The number of rotatable bonds is 6. The van der Waals surface area contributed by atoms with Crippen molar-refractivity contribution in [1.29, 1.82) is 0 Å². The lowest BCUT2D eigenvalue weighted by molar-refractivity contribution is 0.562. The smallest absolute Gasteiger partial charge is 0.0934 e. The first-order chi connectivity index (χ1) is 17.0. The van der Waals surface area contributed by atoms with E-state index in [1.807, 2.05) is 78.9 Å². The maximum atomic E-state index is 6.58. The van der Waals surface area contributed by atoms with Gasteiger partial charge in [-0.15, -0.1) is 0 Å². The van der Waals surface area contributed by atoms with Crippen molar-refractivity contribution in [2.75, 3.05) is 22.9 Å². The third kappa shape index (κ3) is 4.70. The van der Waals surface area contributed by atoms with Gasteiger partial charge >= 0.3 is 0 Å². The molecule has 5 heteroatoms. The minimum absolute atomic E-state index is 0.0740. The summed E-state index contributed by atoms with van der Waals surface area (Å²) >= 11 is 0. The number of hydrogen-bond donors (Lipinski definition) is 4. The molecule has 5 rings (SSSR count). The standard InChI is InChI=1S/C30H28N4O/c31-24-7-1-20(2-8-24)22-5-11-29(33)27(16-22)26(15-19-13-14-35-18-19)28-17-23(6-12-30(28)34)21-3-9-25(32)10-4-21/h1-14,16-18,26H,15,31-34H2. The summed E-state index contributed by atoms with van der Waals surface area (Å²) in [5, 5.41) is 0. The number of nitrogens with two attached hydrogens (primary N) is 4. The summed E-state index contributed by atoms with van der Waals surface area (Å²) in [5.41, 5.74) is 35.2. The van der Waals surface area contributed by atoms with E-state index >= 15 is 0 Å². The van der Waals surface area contributed by atoms with Crippen molar-refractivity contribution in [2.45, 2.75) is 12.3 Å².